The topological polar surface area (TPSA) is 60.9 Å². The fourth-order valence-electron chi connectivity index (χ4n) is 1.68. The van der Waals surface area contributed by atoms with Crippen molar-refractivity contribution in [2.45, 2.75) is 52.1 Å². The summed E-state index contributed by atoms with van der Waals surface area (Å²) in [5, 5.41) is 0. The molecule has 1 heterocycles. The highest BCUT2D eigenvalue weighted by Crippen LogP contribution is 2.05. The van der Waals surface area contributed by atoms with E-state index >= 15 is 0 Å². The van der Waals surface area contributed by atoms with E-state index in [-0.39, 0.29) is 11.8 Å². The predicted octanol–water partition coefficient (Wildman–Crippen LogP) is 1.53. The van der Waals surface area contributed by atoms with Crippen LogP contribution in [0.5, 0.6) is 0 Å². The fraction of sp³-hybridized carbons (Fsp3) is 0.667. The molecular weight excluding hydrogens is 202 g/mol. The van der Waals surface area contributed by atoms with E-state index in [1.54, 1.807) is 6.20 Å². The maximum absolute atomic E-state index is 11.7. The highest BCUT2D eigenvalue weighted by atomic mass is 16.1. The van der Waals surface area contributed by atoms with Gasteiger partial charge in [-0.05, 0) is 26.7 Å². The van der Waals surface area contributed by atoms with Crippen molar-refractivity contribution in [2.75, 3.05) is 0 Å². The monoisotopic (exact) mass is 223 g/mol. The van der Waals surface area contributed by atoms with Gasteiger partial charge in [0.1, 0.15) is 11.6 Å². The number of nitrogens with two attached hydrogens (primary N) is 1. The van der Waals surface area contributed by atoms with Crippen LogP contribution < -0.4 is 5.73 Å². The van der Waals surface area contributed by atoms with Crippen LogP contribution in [0.1, 0.15) is 38.9 Å². The molecule has 0 aliphatic heterocycles. The van der Waals surface area contributed by atoms with Crippen molar-refractivity contribution >= 4 is 5.78 Å². The Bertz CT molecular complexity index is 331. The fourth-order valence-corrected chi connectivity index (χ4v) is 1.68. The number of carbonyl (C=O) groups excluding carboxylic acids is 1. The van der Waals surface area contributed by atoms with Crippen molar-refractivity contribution in [1.29, 1.82) is 0 Å². The van der Waals surface area contributed by atoms with Gasteiger partial charge >= 0.3 is 0 Å². The molecule has 0 aliphatic rings. The summed E-state index contributed by atoms with van der Waals surface area (Å²) >= 11 is 0. The number of aryl methyl sites for hydroxylation is 1. The molecule has 0 aromatic carbocycles. The van der Waals surface area contributed by atoms with Crippen LogP contribution in [-0.4, -0.2) is 21.4 Å². The number of ketones is 1. The van der Waals surface area contributed by atoms with Gasteiger partial charge in [-0.15, -0.1) is 0 Å². The van der Waals surface area contributed by atoms with E-state index in [1.165, 1.54) is 0 Å². The van der Waals surface area contributed by atoms with Gasteiger partial charge < -0.3 is 10.3 Å². The van der Waals surface area contributed by atoms with E-state index in [1.807, 2.05) is 24.6 Å². The SMILES string of the molecule is CCn1ccnc1CC(=O)CCCC(C)N. The summed E-state index contributed by atoms with van der Waals surface area (Å²) in [6, 6.07) is 0.186. The Morgan fingerprint density at radius 3 is 3.00 bits per heavy atom. The van der Waals surface area contributed by atoms with E-state index in [2.05, 4.69) is 4.98 Å². The summed E-state index contributed by atoms with van der Waals surface area (Å²) in [5.74, 6) is 1.12. The second kappa shape index (κ2) is 6.43. The van der Waals surface area contributed by atoms with Crippen LogP contribution in [0, 0.1) is 0 Å². The van der Waals surface area contributed by atoms with Crippen LogP contribution in [0.3, 0.4) is 0 Å². The molecule has 16 heavy (non-hydrogen) atoms. The first-order valence-electron chi connectivity index (χ1n) is 5.90. The molecule has 90 valence electrons. The molecule has 1 aromatic heterocycles. The van der Waals surface area contributed by atoms with E-state index in [4.69, 9.17) is 5.73 Å². The minimum absolute atomic E-state index is 0.186. The Morgan fingerprint density at radius 1 is 1.62 bits per heavy atom. The van der Waals surface area contributed by atoms with Crippen LogP contribution >= 0.6 is 0 Å². The Kier molecular flexibility index (Phi) is 5.19. The van der Waals surface area contributed by atoms with Gasteiger partial charge in [0.15, 0.2) is 0 Å². The molecule has 0 amide bonds. The van der Waals surface area contributed by atoms with E-state index in [0.717, 1.165) is 25.2 Å². The van der Waals surface area contributed by atoms with Crippen molar-refractivity contribution in [1.82, 2.24) is 9.55 Å². The molecule has 0 radical (unpaired) electrons. The lowest BCUT2D eigenvalue weighted by molar-refractivity contribution is -0.118. The lowest BCUT2D eigenvalue weighted by Crippen LogP contribution is -2.15. The van der Waals surface area contributed by atoms with Gasteiger partial charge in [0.05, 0.1) is 6.42 Å². The Hall–Kier alpha value is -1.16. The standard InChI is InChI=1S/C12H21N3O/c1-3-15-8-7-14-12(15)9-11(16)6-4-5-10(2)13/h7-8,10H,3-6,9,13H2,1-2H3. The minimum Gasteiger partial charge on any atom is -0.335 e. The first-order chi connectivity index (χ1) is 7.63. The van der Waals surface area contributed by atoms with Gasteiger partial charge in [0, 0.05) is 31.4 Å². The van der Waals surface area contributed by atoms with Crippen LogP contribution in [0.4, 0.5) is 0 Å². The molecule has 1 unspecified atom stereocenters. The molecule has 0 spiro atoms. The molecular formula is C12H21N3O. The minimum atomic E-state index is 0.186. The first kappa shape index (κ1) is 12.9. The van der Waals surface area contributed by atoms with Gasteiger partial charge in [-0.1, -0.05) is 0 Å². The Labute approximate surface area is 96.9 Å². The number of rotatable bonds is 7. The molecule has 4 nitrogen and oxygen atoms in total. The molecule has 0 bridgehead atoms. The average Bonchev–Trinajstić information content (AvgIpc) is 2.64. The van der Waals surface area contributed by atoms with Crippen molar-refractivity contribution in [3.63, 3.8) is 0 Å². The molecule has 4 heteroatoms. The van der Waals surface area contributed by atoms with E-state index in [0.29, 0.717) is 12.8 Å². The van der Waals surface area contributed by atoms with Crippen LogP contribution in [0.2, 0.25) is 0 Å². The zero-order chi connectivity index (χ0) is 12.0. The summed E-state index contributed by atoms with van der Waals surface area (Å²) < 4.78 is 2.00. The van der Waals surface area contributed by atoms with Crippen molar-refractivity contribution in [3.8, 4) is 0 Å². The second-order valence-electron chi connectivity index (χ2n) is 4.21. The smallest absolute Gasteiger partial charge is 0.140 e. The van der Waals surface area contributed by atoms with Crippen LogP contribution in [0.15, 0.2) is 12.4 Å². The maximum atomic E-state index is 11.7. The number of Topliss-reactive ketones (excluding diaryl/α,β-unsaturated/α-hetero) is 1. The lowest BCUT2D eigenvalue weighted by atomic mass is 10.1. The number of imidazole rings is 1. The zero-order valence-corrected chi connectivity index (χ0v) is 10.1. The van der Waals surface area contributed by atoms with Crippen molar-refractivity contribution in [2.24, 2.45) is 5.73 Å². The third-order valence-electron chi connectivity index (χ3n) is 2.61. The van der Waals surface area contributed by atoms with Crippen LogP contribution in [-0.2, 0) is 17.8 Å². The Morgan fingerprint density at radius 2 is 2.38 bits per heavy atom. The van der Waals surface area contributed by atoms with Gasteiger partial charge in [-0.25, -0.2) is 4.98 Å². The molecule has 0 aliphatic carbocycles. The van der Waals surface area contributed by atoms with Crippen molar-refractivity contribution < 1.29 is 4.79 Å². The number of aromatic nitrogens is 2. The third-order valence-corrected chi connectivity index (χ3v) is 2.61. The molecule has 2 N–H and O–H groups in total. The zero-order valence-electron chi connectivity index (χ0n) is 10.1. The average molecular weight is 223 g/mol. The molecule has 0 saturated carbocycles. The number of carbonyl (C=O) groups is 1. The normalized spacial score (nSPS) is 12.7. The number of nitrogens with zero attached hydrogens (tertiary/aromatic N) is 2. The first-order valence-corrected chi connectivity index (χ1v) is 5.90. The largest absolute Gasteiger partial charge is 0.335 e. The molecule has 1 atom stereocenters. The van der Waals surface area contributed by atoms with Crippen molar-refractivity contribution in [3.05, 3.63) is 18.2 Å². The summed E-state index contributed by atoms with van der Waals surface area (Å²) in [7, 11) is 0. The summed E-state index contributed by atoms with van der Waals surface area (Å²) in [4.78, 5) is 15.9. The van der Waals surface area contributed by atoms with Gasteiger partial charge in [-0.2, -0.15) is 0 Å². The Balaban J connectivity index is 2.34. The lowest BCUT2D eigenvalue weighted by Gasteiger charge is -2.05. The highest BCUT2D eigenvalue weighted by Gasteiger charge is 2.08. The van der Waals surface area contributed by atoms with E-state index < -0.39 is 0 Å². The number of hydrogen-bond acceptors (Lipinski definition) is 3. The van der Waals surface area contributed by atoms with Crippen LogP contribution in [0.25, 0.3) is 0 Å². The van der Waals surface area contributed by atoms with E-state index in [9.17, 15) is 4.79 Å². The maximum Gasteiger partial charge on any atom is 0.140 e. The van der Waals surface area contributed by atoms with Gasteiger partial charge in [0.25, 0.3) is 0 Å². The van der Waals surface area contributed by atoms with Gasteiger partial charge in [-0.3, -0.25) is 4.79 Å². The molecule has 0 saturated heterocycles. The third kappa shape index (κ3) is 4.14. The predicted molar refractivity (Wildman–Crippen MR) is 64.1 cm³/mol. The van der Waals surface area contributed by atoms with Gasteiger partial charge in [0.2, 0.25) is 0 Å². The second-order valence-corrected chi connectivity index (χ2v) is 4.21. The summed E-state index contributed by atoms with van der Waals surface area (Å²) in [5.41, 5.74) is 5.63. The quantitative estimate of drug-likeness (QED) is 0.762. The number of hydrogen-bond donors (Lipinski definition) is 1. The summed E-state index contributed by atoms with van der Waals surface area (Å²) in [6.45, 7) is 4.88. The summed E-state index contributed by atoms with van der Waals surface area (Å²) in [6.07, 6.45) is 6.49. The molecule has 0 fully saturated rings. The highest BCUT2D eigenvalue weighted by molar-refractivity contribution is 5.80. The molecule has 1 rings (SSSR count). The molecule has 1 aromatic rings.